The number of aliphatic hydroxyl groups is 4. The summed E-state index contributed by atoms with van der Waals surface area (Å²) in [6.45, 7) is -4.07. The van der Waals surface area contributed by atoms with E-state index in [1.165, 1.54) is 0 Å². The van der Waals surface area contributed by atoms with E-state index in [1.54, 1.807) is 0 Å². The largest absolute Gasteiger partial charge is 0.453 e. The van der Waals surface area contributed by atoms with E-state index < -0.39 is 68.0 Å². The number of esters is 1. The van der Waals surface area contributed by atoms with Gasteiger partial charge >= 0.3 is 5.97 Å². The lowest BCUT2D eigenvalue weighted by Crippen LogP contribution is -2.71. The number of nitrogens with one attached hydrogen (secondary N) is 1. The molecule has 1 amide bonds. The predicted molar refractivity (Wildman–Crippen MR) is 61.0 cm³/mol. The number of aliphatic hydroxyl groups excluding tert-OH is 3. The molecule has 2 aliphatic rings. The van der Waals surface area contributed by atoms with E-state index >= 15 is 0 Å². The van der Waals surface area contributed by atoms with Crippen molar-refractivity contribution in [3.05, 3.63) is 0 Å². The molecule has 2 aliphatic heterocycles. The minimum absolute atomic E-state index is 0.931. The molecule has 0 aromatic rings. The first-order chi connectivity index (χ1) is 11.3. The van der Waals surface area contributed by atoms with Gasteiger partial charge in [-0.2, -0.15) is 0 Å². The topological polar surface area (TPSA) is 146 Å². The molecule has 9 nitrogen and oxygen atoms in total. The number of carbonyl (C=O) groups excluding carboxylic acids is 2. The molecule has 114 valence electrons. The van der Waals surface area contributed by atoms with Gasteiger partial charge in [-0.3, -0.25) is 4.79 Å². The summed E-state index contributed by atoms with van der Waals surface area (Å²) in [4.78, 5) is 23.6. The smallest absolute Gasteiger partial charge is 0.367 e. The van der Waals surface area contributed by atoms with E-state index in [2.05, 4.69) is 0 Å². The van der Waals surface area contributed by atoms with Crippen LogP contribution in [0.15, 0.2) is 0 Å². The van der Waals surface area contributed by atoms with Crippen LogP contribution in [0.3, 0.4) is 0 Å². The number of rotatable bonds is 3. The van der Waals surface area contributed by atoms with Crippen LogP contribution in [-0.4, -0.2) is 75.2 Å². The van der Waals surface area contributed by atoms with Gasteiger partial charge in [0.05, 0.1) is 18.8 Å². The molecule has 0 saturated carbocycles. The molecule has 2 fully saturated rings. The van der Waals surface area contributed by atoms with Gasteiger partial charge in [0.25, 0.3) is 5.79 Å². The lowest BCUT2D eigenvalue weighted by molar-refractivity contribution is -0.330. The van der Waals surface area contributed by atoms with Crippen LogP contribution >= 0.6 is 0 Å². The van der Waals surface area contributed by atoms with Crippen molar-refractivity contribution >= 4 is 11.9 Å². The molecule has 2 heterocycles. The zero-order valence-corrected chi connectivity index (χ0v) is 10.0. The maximum Gasteiger partial charge on any atom is 0.367 e. The fourth-order valence-corrected chi connectivity index (χ4v) is 2.14. The number of fused-ring (bicyclic) bond motifs is 2. The Morgan fingerprint density at radius 2 is 2.45 bits per heavy atom. The average Bonchev–Trinajstić information content (AvgIpc) is 2.51. The Kier molecular flexibility index (Phi) is 2.53. The molecule has 5 N–H and O–H groups in total. The molecule has 2 bridgehead atoms. The summed E-state index contributed by atoms with van der Waals surface area (Å²) in [5.41, 5.74) is 0. The van der Waals surface area contributed by atoms with E-state index in [-0.39, 0.29) is 0 Å². The zero-order chi connectivity index (χ0) is 19.4. The van der Waals surface area contributed by atoms with Crippen LogP contribution in [0.1, 0.15) is 20.1 Å². The zero-order valence-electron chi connectivity index (χ0n) is 15.0. The highest BCUT2D eigenvalue weighted by molar-refractivity contribution is 5.79. The van der Waals surface area contributed by atoms with Crippen LogP contribution in [0.5, 0.6) is 0 Å². The molecule has 0 spiro atoms. The van der Waals surface area contributed by atoms with Crippen molar-refractivity contribution in [2.24, 2.45) is 0 Å². The van der Waals surface area contributed by atoms with Crippen LogP contribution in [0.4, 0.5) is 0 Å². The van der Waals surface area contributed by atoms with E-state index in [4.69, 9.17) is 21.4 Å². The number of hydrogen-bond acceptors (Lipinski definition) is 8. The fourth-order valence-electron chi connectivity index (χ4n) is 2.14. The standard InChI is InChI=1S/C11H17NO8/c1-4(14)12-7-5(15)2-11(18)10(17)19-8(6(16)3-13)9(7)20-11/h5-9,13,15-16,18H,2-3H2,1H3,(H,12,14)/t5-,6+,7+,8+,9+,11-/m0/s1/i1D3,2D2. The van der Waals surface area contributed by atoms with Crippen molar-refractivity contribution in [3.63, 3.8) is 0 Å². The summed E-state index contributed by atoms with van der Waals surface area (Å²) in [6, 6.07) is -1.80. The fraction of sp³-hybridized carbons (Fsp3) is 0.818. The third kappa shape index (κ3) is 2.50. The lowest BCUT2D eigenvalue weighted by atomic mass is 9.86. The molecule has 0 aromatic carbocycles. The number of ether oxygens (including phenoxy) is 2. The molecule has 0 aliphatic carbocycles. The molecule has 6 atom stereocenters. The molecule has 0 aromatic heterocycles. The Morgan fingerprint density at radius 3 is 3.05 bits per heavy atom. The van der Waals surface area contributed by atoms with E-state index in [1.807, 2.05) is 5.32 Å². The van der Waals surface area contributed by atoms with Crippen LogP contribution in [0.25, 0.3) is 0 Å². The highest BCUT2D eigenvalue weighted by Crippen LogP contribution is 2.36. The third-order valence-corrected chi connectivity index (χ3v) is 3.05. The quantitative estimate of drug-likeness (QED) is 0.339. The van der Waals surface area contributed by atoms with Gasteiger partial charge in [0.2, 0.25) is 5.91 Å². The number of carbonyl (C=O) groups is 2. The monoisotopic (exact) mass is 296 g/mol. The van der Waals surface area contributed by atoms with Crippen molar-refractivity contribution in [1.29, 1.82) is 0 Å². The minimum Gasteiger partial charge on any atom is -0.453 e. The van der Waals surface area contributed by atoms with E-state index in [0.717, 1.165) is 0 Å². The van der Waals surface area contributed by atoms with Gasteiger partial charge < -0.3 is 35.2 Å². The number of cyclic esters (lactones) is 1. The summed E-state index contributed by atoms with van der Waals surface area (Å²) in [6.07, 6.45) is -10.7. The first kappa shape index (κ1) is 9.64. The Bertz CT molecular complexity index is 571. The second-order valence-electron chi connectivity index (χ2n) is 4.43. The highest BCUT2D eigenvalue weighted by Gasteiger charge is 2.60. The van der Waals surface area contributed by atoms with Gasteiger partial charge in [0.1, 0.15) is 12.2 Å². The first-order valence-corrected chi connectivity index (χ1v) is 5.66. The van der Waals surface area contributed by atoms with E-state index in [9.17, 15) is 24.9 Å². The first-order valence-electron chi connectivity index (χ1n) is 8.16. The summed E-state index contributed by atoms with van der Waals surface area (Å²) >= 11 is 0. The Hall–Kier alpha value is -1.26. The van der Waals surface area contributed by atoms with Crippen molar-refractivity contribution in [2.75, 3.05) is 6.61 Å². The van der Waals surface area contributed by atoms with Crippen LogP contribution in [0.2, 0.25) is 0 Å². The van der Waals surface area contributed by atoms with E-state index in [0.29, 0.717) is 0 Å². The second kappa shape index (κ2) is 5.26. The summed E-state index contributed by atoms with van der Waals surface area (Å²) < 4.78 is 46.2. The number of amides is 1. The Balaban J connectivity index is 2.44. The van der Waals surface area contributed by atoms with Crippen molar-refractivity contribution in [3.8, 4) is 0 Å². The summed E-state index contributed by atoms with van der Waals surface area (Å²) in [5.74, 6) is -6.45. The maximum atomic E-state index is 11.9. The molecule has 9 heteroatoms. The molecule has 20 heavy (non-hydrogen) atoms. The van der Waals surface area contributed by atoms with Crippen molar-refractivity contribution in [1.82, 2.24) is 5.32 Å². The van der Waals surface area contributed by atoms with Gasteiger partial charge in [-0.15, -0.1) is 0 Å². The van der Waals surface area contributed by atoms with Gasteiger partial charge in [-0.25, -0.2) is 4.79 Å². The van der Waals surface area contributed by atoms with Gasteiger partial charge in [-0.1, -0.05) is 0 Å². The predicted octanol–water partition coefficient (Wildman–Crippen LogP) is -3.39. The van der Waals surface area contributed by atoms with Crippen LogP contribution in [-0.2, 0) is 19.1 Å². The SMILES string of the molecule is [2H]C([2H])([2H])C(=O)N[C@H]1[C@H]2O[C@](O)(C(=O)O[C@@H]2[C@H](O)CO)C([2H])([2H])[C@@H]1O. The van der Waals surface area contributed by atoms with Crippen molar-refractivity contribution in [2.45, 2.75) is 49.5 Å². The highest BCUT2D eigenvalue weighted by atomic mass is 16.7. The molecule has 0 radical (unpaired) electrons. The summed E-state index contributed by atoms with van der Waals surface area (Å²) in [7, 11) is 0. The lowest BCUT2D eigenvalue weighted by Gasteiger charge is -2.49. The van der Waals surface area contributed by atoms with Crippen LogP contribution < -0.4 is 5.32 Å². The minimum atomic E-state index is -3.25. The second-order valence-corrected chi connectivity index (χ2v) is 4.43. The normalized spacial score (nSPS) is 48.6. The summed E-state index contributed by atoms with van der Waals surface area (Å²) in [5, 5.41) is 41.0. The van der Waals surface area contributed by atoms with Gasteiger partial charge in [0.15, 0.2) is 6.10 Å². The van der Waals surface area contributed by atoms with Crippen molar-refractivity contribution < 1.29 is 46.3 Å². The Morgan fingerprint density at radius 1 is 1.75 bits per heavy atom. The molecular weight excluding hydrogens is 274 g/mol. The Labute approximate surface area is 121 Å². The number of hydrogen-bond donors (Lipinski definition) is 5. The third-order valence-electron chi connectivity index (χ3n) is 3.05. The van der Waals surface area contributed by atoms with Gasteiger partial charge in [0, 0.05) is 20.1 Å². The van der Waals surface area contributed by atoms with Crippen LogP contribution in [0, 0.1) is 0 Å². The van der Waals surface area contributed by atoms with Gasteiger partial charge in [-0.05, 0) is 0 Å². The molecule has 0 unspecified atom stereocenters. The maximum absolute atomic E-state index is 11.9. The molecular formula is C11H17NO8. The molecule has 2 saturated heterocycles. The molecule has 2 rings (SSSR count). The average molecular weight is 296 g/mol.